The lowest BCUT2D eigenvalue weighted by Crippen LogP contribution is -2.39. The number of thiocarbonyl (C=S) groups is 1. The van der Waals surface area contributed by atoms with Gasteiger partial charge in [-0.2, -0.15) is 9.97 Å². The van der Waals surface area contributed by atoms with E-state index in [1.807, 2.05) is 18.2 Å². The van der Waals surface area contributed by atoms with E-state index in [-0.39, 0.29) is 6.79 Å². The molecule has 176 valence electrons. The van der Waals surface area contributed by atoms with E-state index in [2.05, 4.69) is 40.3 Å². The average molecular weight is 469 g/mol. The second-order valence-electron chi connectivity index (χ2n) is 9.45. The fourth-order valence-corrected chi connectivity index (χ4v) is 5.14. The Morgan fingerprint density at radius 2 is 1.70 bits per heavy atom. The maximum absolute atomic E-state index is 5.56. The van der Waals surface area contributed by atoms with E-state index in [0.717, 1.165) is 54.9 Å². The van der Waals surface area contributed by atoms with Crippen LogP contribution in [0.2, 0.25) is 0 Å². The Hall–Kier alpha value is -2.81. The number of nitrogens with one attached hydrogen (secondary N) is 2. The zero-order chi connectivity index (χ0) is 22.8. The molecule has 2 N–H and O–H groups in total. The Labute approximate surface area is 200 Å². The summed E-state index contributed by atoms with van der Waals surface area (Å²) < 4.78 is 10.8. The van der Waals surface area contributed by atoms with Gasteiger partial charge in [0.2, 0.25) is 12.7 Å². The molecular formula is C24H32N6O2S. The Balaban J connectivity index is 1.29. The van der Waals surface area contributed by atoms with Crippen molar-refractivity contribution in [1.82, 2.24) is 15.3 Å². The summed E-state index contributed by atoms with van der Waals surface area (Å²) in [5, 5.41) is 6.97. The summed E-state index contributed by atoms with van der Waals surface area (Å²) in [6.45, 7) is 9.60. The number of fused-ring (bicyclic) bond motifs is 1. The first-order chi connectivity index (χ1) is 16.0. The quantitative estimate of drug-likeness (QED) is 0.638. The van der Waals surface area contributed by atoms with Crippen molar-refractivity contribution in [3.8, 4) is 11.5 Å². The summed E-state index contributed by atoms with van der Waals surface area (Å²) in [5.41, 5.74) is 1.06. The van der Waals surface area contributed by atoms with Crippen molar-refractivity contribution >= 4 is 34.9 Å². The number of ether oxygens (including phenoxy) is 2. The van der Waals surface area contributed by atoms with E-state index < -0.39 is 0 Å². The molecule has 0 unspecified atom stereocenters. The van der Waals surface area contributed by atoms with Crippen LogP contribution in [0, 0.1) is 11.8 Å². The van der Waals surface area contributed by atoms with Crippen LogP contribution in [0.1, 0.15) is 38.7 Å². The molecule has 8 nitrogen and oxygen atoms in total. The lowest BCUT2D eigenvalue weighted by molar-refractivity contribution is 0.174. The van der Waals surface area contributed by atoms with Gasteiger partial charge >= 0.3 is 0 Å². The second-order valence-corrected chi connectivity index (χ2v) is 9.86. The highest BCUT2D eigenvalue weighted by Gasteiger charge is 2.25. The van der Waals surface area contributed by atoms with E-state index in [4.69, 9.17) is 31.7 Å². The first-order valence-electron chi connectivity index (χ1n) is 11.9. The molecule has 0 radical (unpaired) electrons. The summed E-state index contributed by atoms with van der Waals surface area (Å²) in [5.74, 6) is 5.35. The molecule has 33 heavy (non-hydrogen) atoms. The van der Waals surface area contributed by atoms with E-state index in [1.165, 1.54) is 19.3 Å². The third-order valence-corrected chi connectivity index (χ3v) is 6.68. The molecule has 1 aromatic carbocycles. The zero-order valence-corrected chi connectivity index (χ0v) is 20.2. The predicted octanol–water partition coefficient (Wildman–Crippen LogP) is 3.77. The lowest BCUT2D eigenvalue weighted by Gasteiger charge is -2.36. The van der Waals surface area contributed by atoms with Crippen molar-refractivity contribution in [2.45, 2.75) is 39.7 Å². The van der Waals surface area contributed by atoms with Gasteiger partial charge in [0.1, 0.15) is 11.6 Å². The van der Waals surface area contributed by atoms with Gasteiger partial charge in [0.15, 0.2) is 16.6 Å². The molecule has 4 heterocycles. The van der Waals surface area contributed by atoms with Crippen molar-refractivity contribution in [2.24, 2.45) is 11.8 Å². The normalized spacial score (nSPS) is 21.9. The van der Waals surface area contributed by atoms with E-state index in [0.29, 0.717) is 29.4 Å². The number of hydrogen-bond donors (Lipinski definition) is 2. The van der Waals surface area contributed by atoms with Gasteiger partial charge < -0.3 is 29.9 Å². The number of nitrogens with zero attached hydrogens (tertiary/aromatic N) is 4. The first kappa shape index (κ1) is 22.0. The average Bonchev–Trinajstić information content (AvgIpc) is 3.48. The van der Waals surface area contributed by atoms with E-state index in [9.17, 15) is 0 Å². The lowest BCUT2D eigenvalue weighted by atomic mass is 9.92. The summed E-state index contributed by atoms with van der Waals surface area (Å²) in [6, 6.07) is 8.04. The van der Waals surface area contributed by atoms with Crippen LogP contribution < -0.4 is 29.9 Å². The minimum Gasteiger partial charge on any atom is -0.454 e. The Bertz CT molecular complexity index is 1000. The van der Waals surface area contributed by atoms with Crippen LogP contribution >= 0.6 is 12.2 Å². The summed E-state index contributed by atoms with van der Waals surface area (Å²) in [4.78, 5) is 14.4. The van der Waals surface area contributed by atoms with E-state index in [1.54, 1.807) is 0 Å². The van der Waals surface area contributed by atoms with Crippen molar-refractivity contribution < 1.29 is 9.47 Å². The van der Waals surface area contributed by atoms with Gasteiger partial charge in [0, 0.05) is 38.8 Å². The molecule has 2 aromatic rings. The van der Waals surface area contributed by atoms with E-state index >= 15 is 0 Å². The van der Waals surface area contributed by atoms with Crippen LogP contribution in [0.3, 0.4) is 0 Å². The fourth-order valence-electron chi connectivity index (χ4n) is 4.98. The van der Waals surface area contributed by atoms with Crippen LogP contribution in [0.5, 0.6) is 11.5 Å². The first-order valence-corrected chi connectivity index (χ1v) is 12.3. The number of rotatable bonds is 5. The molecule has 2 saturated heterocycles. The van der Waals surface area contributed by atoms with Crippen molar-refractivity contribution in [1.29, 1.82) is 0 Å². The standard InChI is InChI=1S/C24H32N6O2S/c1-16-9-17(2)14-30(13-16)22-11-21(29-7-3-4-8-29)26-23(27-22)28-24(33)25-12-18-5-6-19-20(10-18)32-15-31-19/h5-6,10-11,16-17H,3-4,7-9,12-15H2,1-2H3,(H2,25,26,27,28,33)/t16-,17-/m0/s1. The molecule has 5 rings (SSSR count). The molecule has 2 atom stereocenters. The Morgan fingerprint density at radius 1 is 1.00 bits per heavy atom. The fraction of sp³-hybridized carbons (Fsp3) is 0.542. The molecule has 9 heteroatoms. The van der Waals surface area contributed by atoms with Gasteiger partial charge in [-0.05, 0) is 61.0 Å². The monoisotopic (exact) mass is 468 g/mol. The Kier molecular flexibility index (Phi) is 6.39. The molecule has 3 aliphatic rings. The third kappa shape index (κ3) is 5.24. The third-order valence-electron chi connectivity index (χ3n) is 6.44. The summed E-state index contributed by atoms with van der Waals surface area (Å²) in [6.07, 6.45) is 3.67. The Morgan fingerprint density at radius 3 is 2.45 bits per heavy atom. The van der Waals surface area contributed by atoms with Crippen molar-refractivity contribution in [3.05, 3.63) is 29.8 Å². The van der Waals surface area contributed by atoms with Crippen LogP contribution in [0.4, 0.5) is 17.6 Å². The smallest absolute Gasteiger partial charge is 0.232 e. The van der Waals surface area contributed by atoms with Crippen molar-refractivity contribution in [3.63, 3.8) is 0 Å². The number of anilines is 3. The van der Waals surface area contributed by atoms with Crippen LogP contribution in [-0.2, 0) is 6.54 Å². The molecular weight excluding hydrogens is 436 g/mol. The minimum absolute atomic E-state index is 0.272. The van der Waals surface area contributed by atoms with Gasteiger partial charge in [0.25, 0.3) is 0 Å². The molecule has 0 amide bonds. The van der Waals surface area contributed by atoms with Gasteiger partial charge in [0.05, 0.1) is 0 Å². The maximum atomic E-state index is 5.56. The van der Waals surface area contributed by atoms with Gasteiger partial charge in [-0.25, -0.2) is 0 Å². The number of aromatic nitrogens is 2. The van der Waals surface area contributed by atoms with Crippen molar-refractivity contribution in [2.75, 3.05) is 48.1 Å². The molecule has 1 aromatic heterocycles. The van der Waals surface area contributed by atoms with Crippen LogP contribution in [0.25, 0.3) is 0 Å². The highest BCUT2D eigenvalue weighted by Crippen LogP contribution is 2.32. The highest BCUT2D eigenvalue weighted by molar-refractivity contribution is 7.80. The number of benzene rings is 1. The summed E-state index contributed by atoms with van der Waals surface area (Å²) >= 11 is 5.56. The maximum Gasteiger partial charge on any atom is 0.232 e. The van der Waals surface area contributed by atoms with Gasteiger partial charge in [-0.15, -0.1) is 0 Å². The molecule has 0 aliphatic carbocycles. The van der Waals surface area contributed by atoms with Crippen LogP contribution in [-0.4, -0.2) is 48.1 Å². The SMILES string of the molecule is C[C@H]1C[C@H](C)CN(c2cc(N3CCCC3)nc(NC(=S)NCc3ccc4c(c3)OCO4)n2)C1. The summed E-state index contributed by atoms with van der Waals surface area (Å²) in [7, 11) is 0. The molecule has 2 fully saturated rings. The van der Waals surface area contributed by atoms with Crippen LogP contribution in [0.15, 0.2) is 24.3 Å². The molecule has 3 aliphatic heterocycles. The molecule has 0 bridgehead atoms. The molecule has 0 spiro atoms. The number of hydrogen-bond acceptors (Lipinski definition) is 7. The molecule has 0 saturated carbocycles. The topological polar surface area (TPSA) is 74.8 Å². The number of piperidine rings is 1. The van der Waals surface area contributed by atoms with Gasteiger partial charge in [-0.3, -0.25) is 0 Å². The van der Waals surface area contributed by atoms with Gasteiger partial charge in [-0.1, -0.05) is 19.9 Å². The predicted molar refractivity (Wildman–Crippen MR) is 134 cm³/mol. The minimum atomic E-state index is 0.272. The zero-order valence-electron chi connectivity index (χ0n) is 19.3. The highest BCUT2D eigenvalue weighted by atomic mass is 32.1. The second kappa shape index (κ2) is 9.59. The largest absolute Gasteiger partial charge is 0.454 e.